The zero-order chi connectivity index (χ0) is 28.3. The van der Waals surface area contributed by atoms with Crippen LogP contribution in [0.1, 0.15) is 61.0 Å². The predicted molar refractivity (Wildman–Crippen MR) is 147 cm³/mol. The number of para-hydroxylation sites is 1. The molecule has 5 rings (SSSR count). The number of rotatable bonds is 8. The molecule has 0 bridgehead atoms. The third kappa shape index (κ3) is 5.80. The maximum Gasteiger partial charge on any atom is 0.535 e. The van der Waals surface area contributed by atoms with Crippen molar-refractivity contribution in [2.24, 2.45) is 0 Å². The number of amides is 1. The van der Waals surface area contributed by atoms with Crippen molar-refractivity contribution in [1.82, 2.24) is 20.5 Å². The molecule has 3 aromatic carbocycles. The number of esters is 1. The standard InChI is InChI=1S/C30H30N4O6/c1-30(2,3)39-26(35)16-9-17-31-28(36)22-13-8-12-21-23(19-10-4-5-11-20(19)27(21)22)18-38-29(37)40-34-25-15-7-6-14-24(25)32-33-34/h4-8,10-15,23H,9,16-18H2,1-3H3,(H,31,36). The van der Waals surface area contributed by atoms with Gasteiger partial charge in [-0.15, -0.1) is 5.10 Å². The van der Waals surface area contributed by atoms with Gasteiger partial charge in [-0.25, -0.2) is 4.79 Å². The minimum atomic E-state index is -0.916. The summed E-state index contributed by atoms with van der Waals surface area (Å²) in [4.78, 5) is 44.0. The molecular formula is C30H30N4O6. The van der Waals surface area contributed by atoms with Gasteiger partial charge in [-0.3, -0.25) is 14.4 Å². The first kappa shape index (κ1) is 26.9. The zero-order valence-electron chi connectivity index (χ0n) is 22.5. The molecule has 0 saturated carbocycles. The molecule has 1 amide bonds. The van der Waals surface area contributed by atoms with E-state index in [-0.39, 0.29) is 30.8 Å². The Balaban J connectivity index is 1.26. The van der Waals surface area contributed by atoms with Gasteiger partial charge >= 0.3 is 12.1 Å². The van der Waals surface area contributed by atoms with E-state index in [0.29, 0.717) is 29.6 Å². The lowest BCUT2D eigenvalue weighted by molar-refractivity contribution is -0.154. The molecule has 0 aliphatic heterocycles. The largest absolute Gasteiger partial charge is 0.535 e. The van der Waals surface area contributed by atoms with Crippen LogP contribution in [0.2, 0.25) is 0 Å². The average Bonchev–Trinajstić information content (AvgIpc) is 3.47. The zero-order valence-corrected chi connectivity index (χ0v) is 22.5. The molecule has 1 atom stereocenters. The molecular weight excluding hydrogens is 512 g/mol. The Morgan fingerprint density at radius 3 is 2.52 bits per heavy atom. The van der Waals surface area contributed by atoms with E-state index in [1.807, 2.05) is 63.2 Å². The van der Waals surface area contributed by atoms with E-state index < -0.39 is 11.8 Å². The van der Waals surface area contributed by atoms with E-state index in [1.54, 1.807) is 24.3 Å². The smallest absolute Gasteiger partial charge is 0.460 e. The van der Waals surface area contributed by atoms with Crippen LogP contribution in [0.15, 0.2) is 66.7 Å². The summed E-state index contributed by atoms with van der Waals surface area (Å²) in [6.45, 7) is 5.80. The Bertz CT molecular complexity index is 1570. The van der Waals surface area contributed by atoms with Crippen LogP contribution < -0.4 is 10.2 Å². The number of carbonyl (C=O) groups excluding carboxylic acids is 3. The van der Waals surface area contributed by atoms with Crippen LogP contribution in [0.4, 0.5) is 4.79 Å². The van der Waals surface area contributed by atoms with E-state index in [4.69, 9.17) is 14.3 Å². The maximum absolute atomic E-state index is 13.2. The van der Waals surface area contributed by atoms with E-state index in [2.05, 4.69) is 15.6 Å². The van der Waals surface area contributed by atoms with Crippen LogP contribution in [0.3, 0.4) is 0 Å². The van der Waals surface area contributed by atoms with Crippen molar-refractivity contribution in [3.8, 4) is 11.1 Å². The van der Waals surface area contributed by atoms with E-state index in [1.165, 1.54) is 0 Å². The second-order valence-corrected chi connectivity index (χ2v) is 10.5. The number of nitrogens with one attached hydrogen (secondary N) is 1. The van der Waals surface area contributed by atoms with E-state index in [9.17, 15) is 14.4 Å². The number of carbonyl (C=O) groups is 3. The summed E-state index contributed by atoms with van der Waals surface area (Å²) in [7, 11) is 0. The van der Waals surface area contributed by atoms with Crippen LogP contribution in [0.25, 0.3) is 22.2 Å². The van der Waals surface area contributed by atoms with Crippen LogP contribution in [-0.4, -0.2) is 51.9 Å². The highest BCUT2D eigenvalue weighted by Gasteiger charge is 2.33. The molecule has 0 fully saturated rings. The van der Waals surface area contributed by atoms with Crippen molar-refractivity contribution in [3.63, 3.8) is 0 Å². The number of nitrogens with zero attached hydrogens (tertiary/aromatic N) is 3. The molecule has 1 unspecified atom stereocenters. The number of hydrogen-bond acceptors (Lipinski definition) is 8. The van der Waals surface area contributed by atoms with Gasteiger partial charge in [0.05, 0.1) is 0 Å². The number of fused-ring (bicyclic) bond motifs is 4. The summed E-state index contributed by atoms with van der Waals surface area (Å²) in [6, 6.07) is 20.3. The highest BCUT2D eigenvalue weighted by atomic mass is 16.8. The molecule has 0 spiro atoms. The summed E-state index contributed by atoms with van der Waals surface area (Å²) in [5.41, 5.74) is 4.63. The highest BCUT2D eigenvalue weighted by Crippen LogP contribution is 2.46. The molecule has 1 heterocycles. The number of ether oxygens (including phenoxy) is 2. The van der Waals surface area contributed by atoms with Crippen molar-refractivity contribution in [2.45, 2.75) is 45.1 Å². The SMILES string of the molecule is CC(C)(C)OC(=O)CCCNC(=O)c1cccc2c1-c1ccccc1C2COC(=O)On1nnc2ccccc21. The van der Waals surface area contributed by atoms with Gasteiger partial charge in [0.25, 0.3) is 5.91 Å². The normalized spacial score (nSPS) is 13.8. The van der Waals surface area contributed by atoms with Crippen molar-refractivity contribution < 1.29 is 28.7 Å². The Morgan fingerprint density at radius 2 is 1.70 bits per heavy atom. The van der Waals surface area contributed by atoms with Gasteiger partial charge in [0.15, 0.2) is 0 Å². The number of aromatic nitrogens is 3. The van der Waals surface area contributed by atoms with Gasteiger partial charge < -0.3 is 14.8 Å². The van der Waals surface area contributed by atoms with Gasteiger partial charge in [-0.05, 0) is 72.9 Å². The lowest BCUT2D eigenvalue weighted by Gasteiger charge is -2.19. The summed E-state index contributed by atoms with van der Waals surface area (Å²) in [6.07, 6.45) is -0.237. The minimum Gasteiger partial charge on any atom is -0.460 e. The summed E-state index contributed by atoms with van der Waals surface area (Å²) in [5, 5.41) is 10.7. The molecule has 0 radical (unpaired) electrons. The average molecular weight is 543 g/mol. The molecule has 206 valence electrons. The third-order valence-electron chi connectivity index (χ3n) is 6.44. The van der Waals surface area contributed by atoms with E-state index >= 15 is 0 Å². The molecule has 4 aromatic rings. The van der Waals surface area contributed by atoms with Gasteiger partial charge in [0.1, 0.15) is 23.2 Å². The lowest BCUT2D eigenvalue weighted by Crippen LogP contribution is -2.27. The molecule has 1 aliphatic rings. The van der Waals surface area contributed by atoms with Crippen molar-refractivity contribution >= 4 is 29.1 Å². The summed E-state index contributed by atoms with van der Waals surface area (Å²) >= 11 is 0. The molecule has 40 heavy (non-hydrogen) atoms. The van der Waals surface area contributed by atoms with Crippen LogP contribution in [0, 0.1) is 0 Å². The van der Waals surface area contributed by atoms with Crippen LogP contribution in [-0.2, 0) is 14.3 Å². The fourth-order valence-electron chi connectivity index (χ4n) is 4.81. The predicted octanol–water partition coefficient (Wildman–Crippen LogP) is 4.66. The number of benzene rings is 3. The van der Waals surface area contributed by atoms with Crippen molar-refractivity contribution in [2.75, 3.05) is 13.2 Å². The Labute approximate surface area is 231 Å². The monoisotopic (exact) mass is 542 g/mol. The fraction of sp³-hybridized carbons (Fsp3) is 0.300. The second-order valence-electron chi connectivity index (χ2n) is 10.5. The summed E-state index contributed by atoms with van der Waals surface area (Å²) < 4.78 is 10.8. The molecule has 1 N–H and O–H groups in total. The van der Waals surface area contributed by atoms with Gasteiger partial charge in [0.2, 0.25) is 0 Å². The van der Waals surface area contributed by atoms with Crippen molar-refractivity contribution in [3.05, 3.63) is 83.4 Å². The second kappa shape index (κ2) is 11.2. The maximum atomic E-state index is 13.2. The molecule has 1 aliphatic carbocycles. The Kier molecular flexibility index (Phi) is 7.50. The lowest BCUT2D eigenvalue weighted by atomic mass is 9.96. The molecule has 10 heteroatoms. The molecule has 0 saturated heterocycles. The van der Waals surface area contributed by atoms with E-state index in [0.717, 1.165) is 27.1 Å². The molecule has 1 aromatic heterocycles. The Hall–Kier alpha value is -4.73. The van der Waals surface area contributed by atoms with Crippen LogP contribution in [0.5, 0.6) is 0 Å². The van der Waals surface area contributed by atoms with Gasteiger partial charge in [-0.2, -0.15) is 0 Å². The highest BCUT2D eigenvalue weighted by molar-refractivity contribution is 6.03. The minimum absolute atomic E-state index is 0.0104. The Morgan fingerprint density at radius 1 is 0.950 bits per heavy atom. The third-order valence-corrected chi connectivity index (χ3v) is 6.44. The van der Waals surface area contributed by atoms with Gasteiger partial charge in [-0.1, -0.05) is 53.4 Å². The molecule has 10 nitrogen and oxygen atoms in total. The number of hydrogen-bond donors (Lipinski definition) is 1. The first-order valence-electron chi connectivity index (χ1n) is 13.1. The van der Waals surface area contributed by atoms with Crippen molar-refractivity contribution in [1.29, 1.82) is 0 Å². The first-order valence-corrected chi connectivity index (χ1v) is 13.1. The topological polar surface area (TPSA) is 122 Å². The quantitative estimate of drug-likeness (QED) is 0.194. The van der Waals surface area contributed by atoms with Gasteiger partial charge in [0, 0.05) is 24.4 Å². The van der Waals surface area contributed by atoms with Crippen LogP contribution >= 0.6 is 0 Å². The summed E-state index contributed by atoms with van der Waals surface area (Å²) in [5.74, 6) is -0.823. The first-order chi connectivity index (χ1) is 19.2. The fourth-order valence-corrected chi connectivity index (χ4v) is 4.81.